The van der Waals surface area contributed by atoms with Gasteiger partial charge in [-0.3, -0.25) is 52.4 Å². The minimum absolute atomic E-state index is 0.0701. The minimum atomic E-state index is -4.59. The molecule has 19 nitrogen and oxygen atoms in total. The first-order chi connectivity index (χ1) is 23.3. The molecule has 0 radical (unpaired) electrons. The van der Waals surface area contributed by atoms with Gasteiger partial charge in [0.2, 0.25) is 0 Å². The Morgan fingerprint density at radius 1 is 0.959 bits per heavy atom. The molecule has 0 aliphatic carbocycles. The Bertz CT molecular complexity index is 1960. The molecule has 20 heteroatoms. The average Bonchev–Trinajstić information content (AvgIpc) is 3.64. The highest BCUT2D eigenvalue weighted by molar-refractivity contribution is 7.48. The van der Waals surface area contributed by atoms with Crippen LogP contribution < -0.4 is 22.5 Å². The fourth-order valence-electron chi connectivity index (χ4n) is 5.55. The van der Waals surface area contributed by atoms with E-state index in [9.17, 15) is 44.1 Å². The second kappa shape index (κ2) is 15.2. The van der Waals surface area contributed by atoms with E-state index in [1.807, 2.05) is 0 Å². The Kier molecular flexibility index (Phi) is 11.3. The summed E-state index contributed by atoms with van der Waals surface area (Å²) in [6, 6.07) is 6.11. The van der Waals surface area contributed by atoms with E-state index in [1.165, 1.54) is 38.4 Å². The summed E-state index contributed by atoms with van der Waals surface area (Å²) in [5.41, 5.74) is -1.91. The third-order valence-electron chi connectivity index (χ3n) is 8.17. The smallest absolute Gasteiger partial charge is 0.394 e. The molecule has 2 aliphatic rings. The highest BCUT2D eigenvalue weighted by Gasteiger charge is 2.44. The van der Waals surface area contributed by atoms with E-state index >= 15 is 0 Å². The summed E-state index contributed by atoms with van der Waals surface area (Å²) in [5, 5.41) is 32.1. The van der Waals surface area contributed by atoms with Crippen LogP contribution in [0.3, 0.4) is 0 Å². The van der Waals surface area contributed by atoms with Crippen molar-refractivity contribution in [3.8, 4) is 0 Å². The lowest BCUT2D eigenvalue weighted by Gasteiger charge is -2.25. The van der Waals surface area contributed by atoms with Gasteiger partial charge in [0.05, 0.1) is 30.8 Å². The fourth-order valence-corrected chi connectivity index (χ4v) is 6.98. The number of para-hydroxylation sites is 1. The molecule has 0 spiro atoms. The zero-order valence-corrected chi connectivity index (χ0v) is 27.4. The van der Waals surface area contributed by atoms with Gasteiger partial charge in [-0.05, 0) is 26.7 Å². The molecule has 2 aliphatic heterocycles. The zero-order chi connectivity index (χ0) is 35.5. The standard InChI is InChI=1S/C29H36N5O14P/c1-16-12-32(28(39)30-26(16)37)24-10-20(36)23(47-24)15-45-49(43,44-9-5-7-18-6-3-4-8-19(18)34(41)42)48-21-11-25(46-22(21)14-35)33-13-17(2)27(38)31-29(33)40/h3-4,6,8,12-13,20-25,35-36H,5,7,9-11,14-15H2,1-2H3,(H,30,37,39)(H,31,38,40)/t20-,21-,22+,23+,24+,25+,49?/m0/s1. The summed E-state index contributed by atoms with van der Waals surface area (Å²) in [5.74, 6) is 0. The molecule has 1 aromatic carbocycles. The number of hydrogen-bond donors (Lipinski definition) is 4. The second-order valence-electron chi connectivity index (χ2n) is 11.6. The summed E-state index contributed by atoms with van der Waals surface area (Å²) in [6.45, 7) is 1.56. The van der Waals surface area contributed by atoms with E-state index in [1.54, 1.807) is 12.1 Å². The largest absolute Gasteiger partial charge is 0.475 e. The number of nitrogens with one attached hydrogen (secondary N) is 2. The first-order valence-corrected chi connectivity index (χ1v) is 16.8. The van der Waals surface area contributed by atoms with Crippen LogP contribution in [-0.4, -0.2) is 78.5 Å². The van der Waals surface area contributed by atoms with Crippen LogP contribution in [0, 0.1) is 24.0 Å². The van der Waals surface area contributed by atoms with Crippen LogP contribution in [0.2, 0.25) is 0 Å². The molecular formula is C29H36N5O14P. The number of benzene rings is 1. The van der Waals surface area contributed by atoms with Gasteiger partial charge >= 0.3 is 19.2 Å². The van der Waals surface area contributed by atoms with Gasteiger partial charge in [-0.25, -0.2) is 14.2 Å². The summed E-state index contributed by atoms with van der Waals surface area (Å²) >= 11 is 0. The van der Waals surface area contributed by atoms with E-state index in [0.717, 1.165) is 9.13 Å². The Balaban J connectivity index is 1.31. The first-order valence-electron chi connectivity index (χ1n) is 15.3. The van der Waals surface area contributed by atoms with Crippen molar-refractivity contribution >= 4 is 13.5 Å². The van der Waals surface area contributed by atoms with Gasteiger partial charge in [0.15, 0.2) is 0 Å². The monoisotopic (exact) mass is 709 g/mol. The van der Waals surface area contributed by atoms with Crippen LogP contribution in [0.1, 0.15) is 48.4 Å². The van der Waals surface area contributed by atoms with Crippen molar-refractivity contribution in [3.63, 3.8) is 0 Å². The Hall–Kier alpha value is -4.07. The van der Waals surface area contributed by atoms with Gasteiger partial charge in [0.25, 0.3) is 16.8 Å². The Labute approximate surface area is 276 Å². The number of ether oxygens (including phenoxy) is 2. The highest BCUT2D eigenvalue weighted by atomic mass is 31.2. The van der Waals surface area contributed by atoms with Crippen molar-refractivity contribution in [1.82, 2.24) is 19.1 Å². The van der Waals surface area contributed by atoms with Gasteiger partial charge in [0.1, 0.15) is 30.8 Å². The van der Waals surface area contributed by atoms with Crippen molar-refractivity contribution in [3.05, 3.63) is 105 Å². The lowest BCUT2D eigenvalue weighted by atomic mass is 10.1. The van der Waals surface area contributed by atoms with E-state index in [0.29, 0.717) is 5.56 Å². The molecule has 2 saturated heterocycles. The van der Waals surface area contributed by atoms with Crippen LogP contribution in [0.25, 0.3) is 0 Å². The molecule has 266 valence electrons. The normalized spacial score (nSPS) is 25.0. The van der Waals surface area contributed by atoms with Crippen LogP contribution >= 0.6 is 7.82 Å². The summed E-state index contributed by atoms with van der Waals surface area (Å²) < 4.78 is 45.0. The highest BCUT2D eigenvalue weighted by Crippen LogP contribution is 2.53. The van der Waals surface area contributed by atoms with E-state index in [-0.39, 0.29) is 49.1 Å². The second-order valence-corrected chi connectivity index (χ2v) is 13.3. The molecule has 3 aromatic rings. The number of aryl methyl sites for hydroxylation is 3. The molecule has 49 heavy (non-hydrogen) atoms. The number of aliphatic hydroxyl groups is 2. The number of H-pyrrole nitrogens is 2. The van der Waals surface area contributed by atoms with Gasteiger partial charge < -0.3 is 19.7 Å². The summed E-state index contributed by atoms with van der Waals surface area (Å²) in [7, 11) is -4.59. The number of phosphoric ester groups is 1. The number of rotatable bonds is 14. The van der Waals surface area contributed by atoms with Crippen molar-refractivity contribution < 1.29 is 42.7 Å². The van der Waals surface area contributed by atoms with Crippen molar-refractivity contribution in [2.45, 2.75) is 76.4 Å². The minimum Gasteiger partial charge on any atom is -0.394 e. The van der Waals surface area contributed by atoms with Crippen molar-refractivity contribution in [2.24, 2.45) is 0 Å². The number of nitrogens with zero attached hydrogens (tertiary/aromatic N) is 3. The van der Waals surface area contributed by atoms with Crippen molar-refractivity contribution in [2.75, 3.05) is 19.8 Å². The van der Waals surface area contributed by atoms with E-state index in [2.05, 4.69) is 9.97 Å². The first kappa shape index (κ1) is 36.2. The maximum Gasteiger partial charge on any atom is 0.475 e. The predicted octanol–water partition coefficient (Wildman–Crippen LogP) is 0.699. The number of aromatic amines is 2. The Morgan fingerprint density at radius 2 is 1.55 bits per heavy atom. The molecule has 7 atom stereocenters. The lowest BCUT2D eigenvalue weighted by Crippen LogP contribution is -2.33. The molecule has 0 amide bonds. The molecule has 1 unspecified atom stereocenters. The number of aromatic nitrogens is 4. The zero-order valence-electron chi connectivity index (χ0n) is 26.5. The molecule has 2 fully saturated rings. The van der Waals surface area contributed by atoms with Crippen LogP contribution in [0.5, 0.6) is 0 Å². The fraction of sp³-hybridized carbons (Fsp3) is 0.517. The molecule has 2 aromatic heterocycles. The van der Waals surface area contributed by atoms with Crippen molar-refractivity contribution in [1.29, 1.82) is 0 Å². The molecular weight excluding hydrogens is 673 g/mol. The van der Waals surface area contributed by atoms with Gasteiger partial charge in [-0.2, -0.15) is 0 Å². The van der Waals surface area contributed by atoms with Gasteiger partial charge in [-0.15, -0.1) is 0 Å². The SMILES string of the molecule is Cc1cn([C@H]2C[C@H](OP(=O)(OCCCc3ccccc3[N+](=O)[O-])OC[C@H]3O[C@@H](n4cc(C)c(=O)[nH]c4=O)C[C@@H]3O)[C@@H](CO)O2)c(=O)[nH]c1=O. The molecule has 5 rings (SSSR count). The quantitative estimate of drug-likeness (QED) is 0.0778. The number of nitro groups is 1. The number of aliphatic hydroxyl groups excluding tert-OH is 2. The molecule has 0 saturated carbocycles. The van der Waals surface area contributed by atoms with Crippen LogP contribution in [0.4, 0.5) is 5.69 Å². The number of phosphoric acid groups is 1. The number of hydrogen-bond acceptors (Lipinski definition) is 14. The predicted molar refractivity (Wildman–Crippen MR) is 168 cm³/mol. The van der Waals surface area contributed by atoms with E-state index in [4.69, 9.17) is 23.0 Å². The Morgan fingerprint density at radius 3 is 2.16 bits per heavy atom. The average molecular weight is 710 g/mol. The lowest BCUT2D eigenvalue weighted by molar-refractivity contribution is -0.385. The van der Waals surface area contributed by atoms with Gasteiger partial charge in [-0.1, -0.05) is 18.2 Å². The maximum atomic E-state index is 14.1. The van der Waals surface area contributed by atoms with Crippen LogP contribution in [-0.2, 0) is 34.0 Å². The molecule has 4 N–H and O–H groups in total. The third-order valence-corrected chi connectivity index (χ3v) is 9.66. The molecule has 0 bridgehead atoms. The summed E-state index contributed by atoms with van der Waals surface area (Å²) in [6.07, 6.45) is -3.89. The summed E-state index contributed by atoms with van der Waals surface area (Å²) in [4.78, 5) is 63.7. The van der Waals surface area contributed by atoms with Crippen LogP contribution in [0.15, 0.2) is 55.8 Å². The third kappa shape index (κ3) is 8.39. The molecule has 4 heterocycles. The topological polar surface area (TPSA) is 257 Å². The van der Waals surface area contributed by atoms with Gasteiger partial charge in [0, 0.05) is 48.0 Å². The number of nitro benzene ring substituents is 1. The maximum absolute atomic E-state index is 14.1. The van der Waals surface area contributed by atoms with E-state index < -0.39 is 85.3 Å².